The fourth-order valence-corrected chi connectivity index (χ4v) is 2.98. The van der Waals surface area contributed by atoms with Crippen LogP contribution in [-0.4, -0.2) is 18.1 Å². The maximum Gasteiger partial charge on any atom is 0.128 e. The Balaban J connectivity index is 1.63. The second kappa shape index (κ2) is 6.08. The first-order valence-electron chi connectivity index (χ1n) is 7.61. The summed E-state index contributed by atoms with van der Waals surface area (Å²) in [6, 6.07) is 15.3. The largest absolute Gasteiger partial charge is 0.357 e. The van der Waals surface area contributed by atoms with E-state index in [0.29, 0.717) is 5.92 Å². The molecule has 1 aliphatic rings. The van der Waals surface area contributed by atoms with Crippen LogP contribution in [0.1, 0.15) is 36.8 Å². The normalized spacial score (nSPS) is 16.4. The molecule has 2 aromatic rings. The zero-order valence-corrected chi connectivity index (χ0v) is 12.1. The van der Waals surface area contributed by atoms with Crippen LogP contribution in [-0.2, 0) is 6.42 Å². The fraction of sp³-hybridized carbons (Fsp3) is 0.389. The van der Waals surface area contributed by atoms with E-state index < -0.39 is 0 Å². The quantitative estimate of drug-likeness (QED) is 0.834. The molecule has 0 saturated carbocycles. The third-order valence-electron chi connectivity index (χ3n) is 4.31. The number of hydrogen-bond acceptors (Lipinski definition) is 2. The Labute approximate surface area is 121 Å². The number of benzene rings is 1. The van der Waals surface area contributed by atoms with Crippen LogP contribution in [0.25, 0.3) is 0 Å². The molecule has 0 bridgehead atoms. The zero-order chi connectivity index (χ0) is 13.8. The van der Waals surface area contributed by atoms with E-state index in [9.17, 15) is 0 Å². The summed E-state index contributed by atoms with van der Waals surface area (Å²) >= 11 is 0. The van der Waals surface area contributed by atoms with E-state index in [2.05, 4.69) is 59.3 Å². The van der Waals surface area contributed by atoms with E-state index >= 15 is 0 Å². The van der Waals surface area contributed by atoms with Gasteiger partial charge in [-0.3, -0.25) is 0 Å². The Kier molecular flexibility index (Phi) is 4.00. The van der Waals surface area contributed by atoms with Crippen molar-refractivity contribution in [1.82, 2.24) is 4.98 Å². The van der Waals surface area contributed by atoms with Crippen LogP contribution in [0.2, 0.25) is 0 Å². The van der Waals surface area contributed by atoms with Gasteiger partial charge in [-0.05, 0) is 42.4 Å². The maximum atomic E-state index is 4.60. The van der Waals surface area contributed by atoms with E-state index in [0.717, 1.165) is 25.3 Å². The minimum absolute atomic E-state index is 0.711. The predicted molar refractivity (Wildman–Crippen MR) is 84.2 cm³/mol. The van der Waals surface area contributed by atoms with Crippen LogP contribution in [0.5, 0.6) is 0 Å². The van der Waals surface area contributed by atoms with E-state index in [1.807, 2.05) is 6.20 Å². The van der Waals surface area contributed by atoms with Gasteiger partial charge in [-0.1, -0.05) is 43.3 Å². The van der Waals surface area contributed by atoms with Gasteiger partial charge in [0.1, 0.15) is 5.82 Å². The smallest absolute Gasteiger partial charge is 0.128 e. The van der Waals surface area contributed by atoms with E-state index in [1.54, 1.807) is 0 Å². The number of hydrogen-bond donors (Lipinski definition) is 0. The minimum atomic E-state index is 0.711. The van der Waals surface area contributed by atoms with E-state index in [-0.39, 0.29) is 0 Å². The summed E-state index contributed by atoms with van der Waals surface area (Å²) in [5.74, 6) is 1.84. The van der Waals surface area contributed by atoms with Gasteiger partial charge in [0.05, 0.1) is 0 Å². The molecular formula is C18H22N2. The number of pyridine rings is 1. The number of anilines is 1. The molecule has 1 aromatic carbocycles. The average molecular weight is 266 g/mol. The first kappa shape index (κ1) is 13.2. The van der Waals surface area contributed by atoms with Crippen LogP contribution in [0.15, 0.2) is 48.7 Å². The standard InChI is InChI=1S/C18H22N2/c1-2-15-8-9-18(19-14-15)20-12-10-17(11-13-20)16-6-4-3-5-7-16/h3-9,14,17H,2,10-13H2,1H3. The number of piperidine rings is 1. The summed E-state index contributed by atoms with van der Waals surface area (Å²) in [5, 5.41) is 0. The van der Waals surface area contributed by atoms with Crippen molar-refractivity contribution in [2.24, 2.45) is 0 Å². The van der Waals surface area contributed by atoms with Crippen molar-refractivity contribution in [1.29, 1.82) is 0 Å². The first-order chi connectivity index (χ1) is 9.86. The van der Waals surface area contributed by atoms with E-state index in [1.165, 1.54) is 24.0 Å². The molecule has 2 heterocycles. The molecule has 2 nitrogen and oxygen atoms in total. The predicted octanol–water partition coefficient (Wildman–Crippen LogP) is 4.03. The molecule has 1 aliphatic heterocycles. The van der Waals surface area contributed by atoms with Gasteiger partial charge in [0, 0.05) is 19.3 Å². The van der Waals surface area contributed by atoms with Crippen molar-refractivity contribution in [3.05, 3.63) is 59.8 Å². The third kappa shape index (κ3) is 2.84. The molecule has 20 heavy (non-hydrogen) atoms. The molecule has 0 N–H and O–H groups in total. The fourth-order valence-electron chi connectivity index (χ4n) is 2.98. The van der Waals surface area contributed by atoms with Gasteiger partial charge in [-0.15, -0.1) is 0 Å². The maximum absolute atomic E-state index is 4.60. The number of aromatic nitrogens is 1. The van der Waals surface area contributed by atoms with Gasteiger partial charge in [0.2, 0.25) is 0 Å². The van der Waals surface area contributed by atoms with Crippen molar-refractivity contribution in [3.8, 4) is 0 Å². The Bertz CT molecular complexity index is 525. The molecule has 1 aromatic heterocycles. The van der Waals surface area contributed by atoms with Crippen LogP contribution >= 0.6 is 0 Å². The molecule has 3 rings (SSSR count). The molecule has 0 atom stereocenters. The summed E-state index contributed by atoms with van der Waals surface area (Å²) in [4.78, 5) is 7.01. The van der Waals surface area contributed by atoms with Crippen molar-refractivity contribution >= 4 is 5.82 Å². The van der Waals surface area contributed by atoms with Gasteiger partial charge in [-0.2, -0.15) is 0 Å². The molecule has 1 fully saturated rings. The summed E-state index contributed by atoms with van der Waals surface area (Å²) in [6.45, 7) is 4.39. The molecule has 0 unspecified atom stereocenters. The molecule has 0 spiro atoms. The highest BCUT2D eigenvalue weighted by Crippen LogP contribution is 2.29. The lowest BCUT2D eigenvalue weighted by Gasteiger charge is -2.33. The van der Waals surface area contributed by atoms with Crippen LogP contribution in [0.3, 0.4) is 0 Å². The summed E-state index contributed by atoms with van der Waals surface area (Å²) in [7, 11) is 0. The topological polar surface area (TPSA) is 16.1 Å². The average Bonchev–Trinajstić information content (AvgIpc) is 2.56. The summed E-state index contributed by atoms with van der Waals surface area (Å²) in [5.41, 5.74) is 2.80. The number of rotatable bonds is 3. The van der Waals surface area contributed by atoms with E-state index in [4.69, 9.17) is 0 Å². The lowest BCUT2D eigenvalue weighted by Crippen LogP contribution is -2.33. The Hall–Kier alpha value is -1.83. The first-order valence-corrected chi connectivity index (χ1v) is 7.61. The molecule has 2 heteroatoms. The van der Waals surface area contributed by atoms with Crippen LogP contribution < -0.4 is 4.90 Å². The highest BCUT2D eigenvalue weighted by Gasteiger charge is 2.21. The van der Waals surface area contributed by atoms with Crippen LogP contribution in [0, 0.1) is 0 Å². The molecule has 1 saturated heterocycles. The molecule has 0 radical (unpaired) electrons. The van der Waals surface area contributed by atoms with Crippen molar-refractivity contribution in [2.45, 2.75) is 32.1 Å². The summed E-state index contributed by atoms with van der Waals surface area (Å²) in [6.07, 6.45) is 5.52. The van der Waals surface area contributed by atoms with Gasteiger partial charge in [-0.25, -0.2) is 4.98 Å². The Morgan fingerprint density at radius 1 is 1.05 bits per heavy atom. The van der Waals surface area contributed by atoms with Gasteiger partial charge in [0.15, 0.2) is 0 Å². The number of aryl methyl sites for hydroxylation is 1. The third-order valence-corrected chi connectivity index (χ3v) is 4.31. The molecule has 104 valence electrons. The van der Waals surface area contributed by atoms with Crippen molar-refractivity contribution < 1.29 is 0 Å². The highest BCUT2D eigenvalue weighted by atomic mass is 15.2. The van der Waals surface area contributed by atoms with Gasteiger partial charge >= 0.3 is 0 Å². The Morgan fingerprint density at radius 2 is 1.80 bits per heavy atom. The SMILES string of the molecule is CCc1ccc(N2CCC(c3ccccc3)CC2)nc1. The van der Waals surface area contributed by atoms with Gasteiger partial charge in [0.25, 0.3) is 0 Å². The lowest BCUT2D eigenvalue weighted by molar-refractivity contribution is 0.502. The second-order valence-corrected chi connectivity index (χ2v) is 5.55. The monoisotopic (exact) mass is 266 g/mol. The zero-order valence-electron chi connectivity index (χ0n) is 12.1. The molecule has 0 amide bonds. The van der Waals surface area contributed by atoms with Gasteiger partial charge < -0.3 is 4.90 Å². The number of nitrogens with zero attached hydrogens (tertiary/aromatic N) is 2. The van der Waals surface area contributed by atoms with Crippen molar-refractivity contribution in [2.75, 3.05) is 18.0 Å². The second-order valence-electron chi connectivity index (χ2n) is 5.55. The molecule has 0 aliphatic carbocycles. The van der Waals surface area contributed by atoms with Crippen molar-refractivity contribution in [3.63, 3.8) is 0 Å². The van der Waals surface area contributed by atoms with Crippen LogP contribution in [0.4, 0.5) is 5.82 Å². The Morgan fingerprint density at radius 3 is 2.40 bits per heavy atom. The molecular weight excluding hydrogens is 244 g/mol. The lowest BCUT2D eigenvalue weighted by atomic mass is 9.89. The minimum Gasteiger partial charge on any atom is -0.357 e. The summed E-state index contributed by atoms with van der Waals surface area (Å²) < 4.78 is 0. The highest BCUT2D eigenvalue weighted by molar-refractivity contribution is 5.40.